The van der Waals surface area contributed by atoms with Crippen LogP contribution in [-0.4, -0.2) is 96.7 Å². The zero-order valence-electron chi connectivity index (χ0n) is 54.2. The van der Waals surface area contributed by atoms with Gasteiger partial charge in [-0.15, -0.1) is 0 Å². The number of hydrogen-bond donors (Lipinski definition) is 3. The van der Waals surface area contributed by atoms with Crippen LogP contribution in [0.4, 0.5) is 0 Å². The van der Waals surface area contributed by atoms with Crippen molar-refractivity contribution in [3.05, 3.63) is 24.3 Å². The molecule has 0 aliphatic heterocycles. The van der Waals surface area contributed by atoms with Crippen LogP contribution in [0.3, 0.4) is 0 Å². The number of phosphoric ester groups is 2. The van der Waals surface area contributed by atoms with Gasteiger partial charge in [0, 0.05) is 25.7 Å². The Kier molecular flexibility index (Phi) is 57.5. The molecule has 0 rings (SSSR count). The Labute approximate surface area is 516 Å². The van der Waals surface area contributed by atoms with Gasteiger partial charge in [0.25, 0.3) is 0 Å². The first-order valence-corrected chi connectivity index (χ1v) is 37.0. The Morgan fingerprint density at radius 3 is 1.00 bits per heavy atom. The van der Waals surface area contributed by atoms with Crippen molar-refractivity contribution >= 4 is 39.5 Å². The highest BCUT2D eigenvalue weighted by molar-refractivity contribution is 7.47. The fourth-order valence-electron chi connectivity index (χ4n) is 9.36. The van der Waals surface area contributed by atoms with E-state index in [0.29, 0.717) is 25.7 Å². The highest BCUT2D eigenvalue weighted by atomic mass is 31.2. The number of allylic oxidation sites excluding steroid dienone is 4. The maximum absolute atomic E-state index is 13.0. The van der Waals surface area contributed by atoms with E-state index in [9.17, 15) is 43.2 Å². The van der Waals surface area contributed by atoms with Crippen molar-refractivity contribution in [1.29, 1.82) is 0 Å². The smallest absolute Gasteiger partial charge is 0.462 e. The van der Waals surface area contributed by atoms with E-state index in [0.717, 1.165) is 115 Å². The number of esters is 4. The van der Waals surface area contributed by atoms with E-state index in [4.69, 9.17) is 37.0 Å². The van der Waals surface area contributed by atoms with Crippen LogP contribution in [0.1, 0.15) is 311 Å². The monoisotopic (exact) mass is 1250 g/mol. The standard InChI is InChI=1S/C66H124O17P2/c1-6-10-13-16-19-22-24-25-26-27-28-30-37-42-47-52-66(71)83-62(56-77-64(69)50-45-40-35-32-31-33-38-43-48-59(5)9-4)58-81-85(74,75)79-54-60(67)53-78-84(72,73)80-57-61(55-76-63(68)49-44-39-34-21-18-15-12-8-3)82-65(70)51-46-41-36-29-23-20-17-14-11-7-2/h22,24-26,59-62,67H,6-21,23,27-58H2,1-5H3,(H,72,73)(H,74,75)/b24-22-,26-25-/t59?,60-,61+,62+/m0/s1. The molecule has 0 bridgehead atoms. The molecule has 17 nitrogen and oxygen atoms in total. The number of ether oxygens (including phenoxy) is 4. The van der Waals surface area contributed by atoms with Gasteiger partial charge in [0.15, 0.2) is 12.2 Å². The quantitative estimate of drug-likeness (QED) is 0.0169. The zero-order chi connectivity index (χ0) is 62.8. The molecule has 0 fully saturated rings. The molecule has 0 aliphatic rings. The van der Waals surface area contributed by atoms with Gasteiger partial charge in [0.2, 0.25) is 0 Å². The van der Waals surface area contributed by atoms with Crippen molar-refractivity contribution in [2.45, 2.75) is 329 Å². The lowest BCUT2D eigenvalue weighted by atomic mass is 9.99. The van der Waals surface area contributed by atoms with Gasteiger partial charge in [-0.05, 0) is 57.3 Å². The summed E-state index contributed by atoms with van der Waals surface area (Å²) in [5.74, 6) is -1.39. The molecule has 3 unspecified atom stereocenters. The lowest BCUT2D eigenvalue weighted by molar-refractivity contribution is -0.161. The van der Waals surface area contributed by atoms with Crippen molar-refractivity contribution in [1.82, 2.24) is 0 Å². The predicted molar refractivity (Wildman–Crippen MR) is 340 cm³/mol. The summed E-state index contributed by atoms with van der Waals surface area (Å²) in [4.78, 5) is 72.2. The molecule has 0 aromatic heterocycles. The predicted octanol–water partition coefficient (Wildman–Crippen LogP) is 18.1. The summed E-state index contributed by atoms with van der Waals surface area (Å²) < 4.78 is 68.0. The van der Waals surface area contributed by atoms with E-state index in [1.807, 2.05) is 0 Å². The Morgan fingerprint density at radius 2 is 0.659 bits per heavy atom. The molecule has 6 atom stereocenters. The molecule has 0 heterocycles. The third kappa shape index (κ3) is 59.0. The molecular formula is C66H124O17P2. The molecule has 19 heteroatoms. The van der Waals surface area contributed by atoms with Crippen molar-refractivity contribution in [2.75, 3.05) is 39.6 Å². The van der Waals surface area contributed by atoms with Crippen molar-refractivity contribution in [3.63, 3.8) is 0 Å². The van der Waals surface area contributed by atoms with Crippen LogP contribution in [0, 0.1) is 5.92 Å². The molecule has 0 saturated heterocycles. The first-order chi connectivity index (χ1) is 41.1. The Balaban J connectivity index is 5.27. The SMILES string of the molecule is CCCCCC/C=C\C=C/CCCCCCCC(=O)O[C@H](COC(=O)CCCCCCCCCCC(C)CC)COP(=O)(O)OC[C@@H](O)COP(=O)(O)OC[C@@H](COC(=O)CCCCCCCCCC)OC(=O)CCCCCCCCCCCC. The number of hydrogen-bond acceptors (Lipinski definition) is 15. The fraction of sp³-hybridized carbons (Fsp3) is 0.879. The van der Waals surface area contributed by atoms with Crippen molar-refractivity contribution in [3.8, 4) is 0 Å². The van der Waals surface area contributed by atoms with E-state index in [1.165, 1.54) is 116 Å². The summed E-state index contributed by atoms with van der Waals surface area (Å²) in [5.41, 5.74) is 0. The number of unbranched alkanes of at least 4 members (excludes halogenated alkanes) is 32. The van der Waals surface area contributed by atoms with Gasteiger partial charge in [0.05, 0.1) is 26.4 Å². The second-order valence-corrected chi connectivity index (χ2v) is 26.3. The van der Waals surface area contributed by atoms with Gasteiger partial charge in [-0.2, -0.15) is 0 Å². The second-order valence-electron chi connectivity index (χ2n) is 23.4. The zero-order valence-corrected chi connectivity index (χ0v) is 56.0. The van der Waals surface area contributed by atoms with Crippen LogP contribution >= 0.6 is 15.6 Å². The molecular weight excluding hydrogens is 1130 g/mol. The Morgan fingerprint density at radius 1 is 0.376 bits per heavy atom. The van der Waals surface area contributed by atoms with Crippen LogP contribution in [0.15, 0.2) is 24.3 Å². The molecule has 85 heavy (non-hydrogen) atoms. The number of carbonyl (C=O) groups excluding carboxylic acids is 4. The highest BCUT2D eigenvalue weighted by Crippen LogP contribution is 2.45. The first-order valence-electron chi connectivity index (χ1n) is 34.0. The number of phosphoric acid groups is 2. The third-order valence-electron chi connectivity index (χ3n) is 15.0. The molecule has 0 saturated carbocycles. The van der Waals surface area contributed by atoms with E-state index in [-0.39, 0.29) is 25.7 Å². The molecule has 500 valence electrons. The van der Waals surface area contributed by atoms with Crippen LogP contribution in [0.25, 0.3) is 0 Å². The Hall–Kier alpha value is -2.46. The maximum atomic E-state index is 13.0. The second kappa shape index (κ2) is 59.2. The molecule has 0 spiro atoms. The molecule has 0 radical (unpaired) electrons. The lowest BCUT2D eigenvalue weighted by Gasteiger charge is -2.21. The number of aliphatic hydroxyl groups is 1. The van der Waals surface area contributed by atoms with Gasteiger partial charge in [-0.1, -0.05) is 258 Å². The van der Waals surface area contributed by atoms with E-state index < -0.39 is 97.5 Å². The van der Waals surface area contributed by atoms with Gasteiger partial charge in [-0.3, -0.25) is 37.3 Å². The summed E-state index contributed by atoms with van der Waals surface area (Å²) in [5, 5.41) is 10.5. The first kappa shape index (κ1) is 82.5. The highest BCUT2D eigenvalue weighted by Gasteiger charge is 2.30. The summed E-state index contributed by atoms with van der Waals surface area (Å²) in [7, 11) is -9.90. The van der Waals surface area contributed by atoms with E-state index >= 15 is 0 Å². The molecule has 3 N–H and O–H groups in total. The van der Waals surface area contributed by atoms with Gasteiger partial charge >= 0.3 is 39.5 Å². The minimum atomic E-state index is -4.95. The number of rotatable bonds is 64. The normalized spacial score (nSPS) is 14.7. The van der Waals surface area contributed by atoms with Crippen LogP contribution in [-0.2, 0) is 65.4 Å². The molecule has 0 aromatic carbocycles. The van der Waals surface area contributed by atoms with Crippen LogP contribution in [0.5, 0.6) is 0 Å². The summed E-state index contributed by atoms with van der Waals surface area (Å²) in [6, 6.07) is 0. The van der Waals surface area contributed by atoms with E-state index in [1.54, 1.807) is 0 Å². The average molecular weight is 1250 g/mol. The Bertz CT molecular complexity index is 1750. The number of aliphatic hydroxyl groups excluding tert-OH is 1. The van der Waals surface area contributed by atoms with Crippen LogP contribution < -0.4 is 0 Å². The fourth-order valence-corrected chi connectivity index (χ4v) is 10.9. The third-order valence-corrected chi connectivity index (χ3v) is 16.9. The number of carbonyl (C=O) groups is 4. The molecule has 0 aromatic rings. The van der Waals surface area contributed by atoms with Crippen molar-refractivity contribution in [2.24, 2.45) is 5.92 Å². The van der Waals surface area contributed by atoms with E-state index in [2.05, 4.69) is 58.9 Å². The topological polar surface area (TPSA) is 237 Å². The largest absolute Gasteiger partial charge is 0.472 e. The summed E-state index contributed by atoms with van der Waals surface area (Å²) in [6.45, 7) is 7.11. The molecule has 0 aliphatic carbocycles. The van der Waals surface area contributed by atoms with Gasteiger partial charge < -0.3 is 33.8 Å². The van der Waals surface area contributed by atoms with Crippen LogP contribution in [0.2, 0.25) is 0 Å². The maximum Gasteiger partial charge on any atom is 0.472 e. The average Bonchev–Trinajstić information content (AvgIpc) is 3.58. The lowest BCUT2D eigenvalue weighted by Crippen LogP contribution is -2.30. The summed E-state index contributed by atoms with van der Waals surface area (Å²) in [6.07, 6.45) is 46.6. The molecule has 0 amide bonds. The summed E-state index contributed by atoms with van der Waals surface area (Å²) >= 11 is 0. The van der Waals surface area contributed by atoms with Gasteiger partial charge in [-0.25, -0.2) is 9.13 Å². The minimum Gasteiger partial charge on any atom is -0.462 e. The van der Waals surface area contributed by atoms with Gasteiger partial charge in [0.1, 0.15) is 19.3 Å². The van der Waals surface area contributed by atoms with Crippen molar-refractivity contribution < 1.29 is 80.2 Å². The minimum absolute atomic E-state index is 0.0846.